The summed E-state index contributed by atoms with van der Waals surface area (Å²) in [4.78, 5) is 14.4. The van der Waals surface area contributed by atoms with Gasteiger partial charge in [0.25, 0.3) is 0 Å². The highest BCUT2D eigenvalue weighted by Gasteiger charge is 2.19. The van der Waals surface area contributed by atoms with Crippen molar-refractivity contribution in [2.24, 2.45) is 0 Å². The molecule has 0 aliphatic carbocycles. The van der Waals surface area contributed by atoms with E-state index in [2.05, 4.69) is 28.5 Å². The van der Waals surface area contributed by atoms with E-state index in [9.17, 15) is 4.79 Å². The second kappa shape index (κ2) is 11.2. The number of rotatable bonds is 10. The van der Waals surface area contributed by atoms with Gasteiger partial charge in [0, 0.05) is 38.8 Å². The molecule has 25 heavy (non-hydrogen) atoms. The quantitative estimate of drug-likeness (QED) is 0.621. The number of benzene rings is 1. The third-order valence-corrected chi connectivity index (χ3v) is 4.31. The third-order valence-electron chi connectivity index (χ3n) is 4.31. The first kappa shape index (κ1) is 19.8. The summed E-state index contributed by atoms with van der Waals surface area (Å²) < 4.78 is 10.8. The minimum absolute atomic E-state index is 0.0760. The van der Waals surface area contributed by atoms with Crippen LogP contribution in [0.1, 0.15) is 25.0 Å². The van der Waals surface area contributed by atoms with E-state index >= 15 is 0 Å². The smallest absolute Gasteiger partial charge is 0.234 e. The number of hydrogen-bond donors (Lipinski definition) is 2. The van der Waals surface area contributed by atoms with Gasteiger partial charge in [-0.1, -0.05) is 24.3 Å². The molecular weight excluding hydrogens is 318 g/mol. The van der Waals surface area contributed by atoms with Crippen LogP contribution in [0.25, 0.3) is 0 Å². The first-order valence-electron chi connectivity index (χ1n) is 9.13. The summed E-state index contributed by atoms with van der Waals surface area (Å²) in [6.45, 7) is 10.4. The molecule has 1 aromatic carbocycles. The fourth-order valence-corrected chi connectivity index (χ4v) is 2.84. The summed E-state index contributed by atoms with van der Waals surface area (Å²) in [6, 6.07) is 8.54. The molecule has 1 aliphatic rings. The first-order valence-corrected chi connectivity index (χ1v) is 9.13. The molecule has 1 aliphatic heterocycles. The number of nitrogens with one attached hydrogen (secondary N) is 2. The van der Waals surface area contributed by atoms with E-state index in [4.69, 9.17) is 9.47 Å². The fraction of sp³-hybridized carbons (Fsp3) is 0.632. The Morgan fingerprint density at radius 1 is 1.32 bits per heavy atom. The van der Waals surface area contributed by atoms with E-state index in [0.717, 1.165) is 30.8 Å². The van der Waals surface area contributed by atoms with E-state index in [1.165, 1.54) is 0 Å². The summed E-state index contributed by atoms with van der Waals surface area (Å²) in [5, 5.41) is 6.35. The molecule has 0 spiro atoms. The Bertz CT molecular complexity index is 524. The predicted octanol–water partition coefficient (Wildman–Crippen LogP) is 1.15. The van der Waals surface area contributed by atoms with Gasteiger partial charge in [0.15, 0.2) is 0 Å². The van der Waals surface area contributed by atoms with Crippen molar-refractivity contribution in [3.63, 3.8) is 0 Å². The monoisotopic (exact) mass is 349 g/mol. The normalized spacial score (nSPS) is 18.2. The number of hydrogen-bond acceptors (Lipinski definition) is 5. The zero-order valence-electron chi connectivity index (χ0n) is 15.4. The molecule has 1 heterocycles. The van der Waals surface area contributed by atoms with Crippen LogP contribution < -0.4 is 10.6 Å². The Hall–Kier alpha value is -1.47. The average molecular weight is 349 g/mol. The molecule has 2 rings (SSSR count). The maximum absolute atomic E-state index is 12.2. The van der Waals surface area contributed by atoms with Gasteiger partial charge < -0.3 is 20.1 Å². The van der Waals surface area contributed by atoms with Crippen molar-refractivity contribution >= 4 is 5.91 Å². The van der Waals surface area contributed by atoms with Crippen molar-refractivity contribution in [2.75, 3.05) is 46.0 Å². The van der Waals surface area contributed by atoms with Crippen LogP contribution in [0.4, 0.5) is 0 Å². The molecule has 0 saturated carbocycles. The van der Waals surface area contributed by atoms with Gasteiger partial charge >= 0.3 is 0 Å². The Morgan fingerprint density at radius 2 is 2.12 bits per heavy atom. The van der Waals surface area contributed by atoms with E-state index < -0.39 is 0 Å². The van der Waals surface area contributed by atoms with E-state index in [0.29, 0.717) is 45.6 Å². The second-order valence-corrected chi connectivity index (χ2v) is 6.37. The molecule has 1 saturated heterocycles. The van der Waals surface area contributed by atoms with Gasteiger partial charge in [-0.05, 0) is 25.0 Å². The van der Waals surface area contributed by atoms with Crippen LogP contribution in [0, 0.1) is 0 Å². The number of piperazine rings is 1. The lowest BCUT2D eigenvalue weighted by atomic mass is 10.1. The molecule has 1 aromatic rings. The Labute approximate surface area is 150 Å². The van der Waals surface area contributed by atoms with Gasteiger partial charge in [-0.3, -0.25) is 9.69 Å². The van der Waals surface area contributed by atoms with Crippen molar-refractivity contribution in [3.05, 3.63) is 35.4 Å². The van der Waals surface area contributed by atoms with Crippen LogP contribution >= 0.6 is 0 Å². The minimum atomic E-state index is 0.0760. The SMILES string of the molecule is CCOCCOCc1cccc(CNC(=O)CN2CCNC[C@H]2C)c1. The predicted molar refractivity (Wildman–Crippen MR) is 98.3 cm³/mol. The van der Waals surface area contributed by atoms with Crippen molar-refractivity contribution in [1.82, 2.24) is 15.5 Å². The van der Waals surface area contributed by atoms with Crippen LogP contribution in [-0.2, 0) is 27.4 Å². The zero-order valence-corrected chi connectivity index (χ0v) is 15.4. The van der Waals surface area contributed by atoms with Crippen LogP contribution in [0.2, 0.25) is 0 Å². The topological polar surface area (TPSA) is 62.8 Å². The molecular formula is C19H31N3O3. The van der Waals surface area contributed by atoms with Crippen LogP contribution in [0.3, 0.4) is 0 Å². The van der Waals surface area contributed by atoms with Gasteiger partial charge in [-0.25, -0.2) is 0 Å². The fourth-order valence-electron chi connectivity index (χ4n) is 2.84. The van der Waals surface area contributed by atoms with Gasteiger partial charge in [0.05, 0.1) is 26.4 Å². The van der Waals surface area contributed by atoms with Gasteiger partial charge in [0.1, 0.15) is 0 Å². The number of amides is 1. The largest absolute Gasteiger partial charge is 0.379 e. The minimum Gasteiger partial charge on any atom is -0.379 e. The number of carbonyl (C=O) groups is 1. The summed E-state index contributed by atoms with van der Waals surface area (Å²) >= 11 is 0. The van der Waals surface area contributed by atoms with E-state index in [-0.39, 0.29) is 5.91 Å². The standard InChI is InChI=1S/C19H31N3O3/c1-3-24-9-10-25-15-18-6-4-5-17(11-18)13-21-19(23)14-22-8-7-20-12-16(22)2/h4-6,11,16,20H,3,7-10,12-15H2,1-2H3,(H,21,23)/t16-/m1/s1. The van der Waals surface area contributed by atoms with Crippen molar-refractivity contribution < 1.29 is 14.3 Å². The second-order valence-electron chi connectivity index (χ2n) is 6.37. The lowest BCUT2D eigenvalue weighted by Gasteiger charge is -2.33. The highest BCUT2D eigenvalue weighted by atomic mass is 16.5. The van der Waals surface area contributed by atoms with Crippen molar-refractivity contribution in [2.45, 2.75) is 33.0 Å². The van der Waals surface area contributed by atoms with Gasteiger partial charge in [-0.2, -0.15) is 0 Å². The average Bonchev–Trinajstić information content (AvgIpc) is 2.62. The molecule has 0 radical (unpaired) electrons. The van der Waals surface area contributed by atoms with Crippen LogP contribution in [0.5, 0.6) is 0 Å². The number of ether oxygens (including phenoxy) is 2. The lowest BCUT2D eigenvalue weighted by molar-refractivity contribution is -0.123. The molecule has 1 atom stereocenters. The molecule has 0 unspecified atom stereocenters. The Morgan fingerprint density at radius 3 is 2.92 bits per heavy atom. The Balaban J connectivity index is 1.70. The van der Waals surface area contributed by atoms with Crippen molar-refractivity contribution in [3.8, 4) is 0 Å². The highest BCUT2D eigenvalue weighted by Crippen LogP contribution is 2.07. The zero-order chi connectivity index (χ0) is 17.9. The van der Waals surface area contributed by atoms with Crippen LogP contribution in [0.15, 0.2) is 24.3 Å². The van der Waals surface area contributed by atoms with Crippen LogP contribution in [-0.4, -0.2) is 62.8 Å². The third kappa shape index (κ3) is 7.52. The molecule has 2 N–H and O–H groups in total. The summed E-state index contributed by atoms with van der Waals surface area (Å²) in [5.41, 5.74) is 2.20. The molecule has 6 nitrogen and oxygen atoms in total. The van der Waals surface area contributed by atoms with Gasteiger partial charge in [0.2, 0.25) is 5.91 Å². The van der Waals surface area contributed by atoms with E-state index in [1.807, 2.05) is 25.1 Å². The summed E-state index contributed by atoms with van der Waals surface area (Å²) in [6.07, 6.45) is 0. The maximum atomic E-state index is 12.2. The molecule has 0 aromatic heterocycles. The Kier molecular flexibility index (Phi) is 8.90. The lowest BCUT2D eigenvalue weighted by Crippen LogP contribution is -2.52. The number of nitrogens with zero attached hydrogens (tertiary/aromatic N) is 1. The molecule has 1 amide bonds. The molecule has 6 heteroatoms. The van der Waals surface area contributed by atoms with Crippen molar-refractivity contribution in [1.29, 1.82) is 0 Å². The molecule has 140 valence electrons. The molecule has 0 bridgehead atoms. The van der Waals surface area contributed by atoms with E-state index in [1.54, 1.807) is 0 Å². The molecule has 1 fully saturated rings. The first-order chi connectivity index (χ1) is 12.2. The summed E-state index contributed by atoms with van der Waals surface area (Å²) in [5.74, 6) is 0.0760. The number of carbonyl (C=O) groups excluding carboxylic acids is 1. The maximum Gasteiger partial charge on any atom is 0.234 e. The highest BCUT2D eigenvalue weighted by molar-refractivity contribution is 5.78. The van der Waals surface area contributed by atoms with Gasteiger partial charge in [-0.15, -0.1) is 0 Å². The summed E-state index contributed by atoms with van der Waals surface area (Å²) in [7, 11) is 0.